The maximum Gasteiger partial charge on any atom is 0.232 e. The fourth-order valence-electron chi connectivity index (χ4n) is 3.29. The summed E-state index contributed by atoms with van der Waals surface area (Å²) in [6, 6.07) is 12.7. The monoisotopic (exact) mass is 399 g/mol. The number of carbonyl (C=O) groups is 1. The van der Waals surface area contributed by atoms with Gasteiger partial charge in [-0.1, -0.05) is 28.9 Å². The second-order valence-corrected chi connectivity index (χ2v) is 6.79. The van der Waals surface area contributed by atoms with Gasteiger partial charge in [0.15, 0.2) is 0 Å². The number of hydrogen-bond acceptors (Lipinski definition) is 6. The Bertz CT molecular complexity index is 1020. The van der Waals surface area contributed by atoms with Crippen molar-refractivity contribution in [2.45, 2.75) is 12.3 Å². The van der Waals surface area contributed by atoms with Crippen molar-refractivity contribution in [2.24, 2.45) is 0 Å². The fraction of sp³-hybridized carbons (Fsp3) is 0.250. The van der Waals surface area contributed by atoms with E-state index in [4.69, 9.17) is 25.6 Å². The predicted octanol–water partition coefficient (Wildman–Crippen LogP) is 3.93. The van der Waals surface area contributed by atoms with Gasteiger partial charge in [0.1, 0.15) is 11.5 Å². The molecule has 1 aliphatic rings. The molecular formula is C20H18ClN3O4. The summed E-state index contributed by atoms with van der Waals surface area (Å²) >= 11 is 6.19. The molecule has 8 heteroatoms. The number of anilines is 1. The Balaban J connectivity index is 1.56. The van der Waals surface area contributed by atoms with Crippen LogP contribution in [0.15, 0.2) is 47.0 Å². The SMILES string of the molecule is COc1ccc(N2CC(c3nc(-c4ccccc4OC)no3)CC2=O)cc1Cl. The summed E-state index contributed by atoms with van der Waals surface area (Å²) in [6.45, 7) is 0.440. The Hall–Kier alpha value is -3.06. The zero-order valence-corrected chi connectivity index (χ0v) is 16.1. The van der Waals surface area contributed by atoms with Crippen LogP contribution < -0.4 is 14.4 Å². The number of carbonyl (C=O) groups excluding carboxylic acids is 1. The Morgan fingerprint density at radius 1 is 1.14 bits per heavy atom. The molecule has 0 aliphatic carbocycles. The number of para-hydroxylation sites is 1. The van der Waals surface area contributed by atoms with Gasteiger partial charge in [0.2, 0.25) is 17.6 Å². The van der Waals surface area contributed by atoms with Crippen LogP contribution in [0.25, 0.3) is 11.4 Å². The molecule has 1 fully saturated rings. The zero-order chi connectivity index (χ0) is 19.7. The number of rotatable bonds is 5. The van der Waals surface area contributed by atoms with Crippen molar-refractivity contribution in [3.63, 3.8) is 0 Å². The molecule has 0 N–H and O–H groups in total. The molecule has 4 rings (SSSR count). The first-order chi connectivity index (χ1) is 13.6. The van der Waals surface area contributed by atoms with Gasteiger partial charge < -0.3 is 18.9 Å². The van der Waals surface area contributed by atoms with Crippen molar-refractivity contribution in [1.82, 2.24) is 10.1 Å². The van der Waals surface area contributed by atoms with E-state index in [1.807, 2.05) is 24.3 Å². The average Bonchev–Trinajstić information content (AvgIpc) is 3.34. The van der Waals surface area contributed by atoms with Gasteiger partial charge in [0.05, 0.1) is 30.7 Å². The highest BCUT2D eigenvalue weighted by Crippen LogP contribution is 2.36. The minimum absolute atomic E-state index is 0.0247. The van der Waals surface area contributed by atoms with Crippen LogP contribution in [0.4, 0.5) is 5.69 Å². The molecule has 1 saturated heterocycles. The molecule has 2 heterocycles. The number of ether oxygens (including phenoxy) is 2. The van der Waals surface area contributed by atoms with Crippen LogP contribution in [0, 0.1) is 0 Å². The zero-order valence-electron chi connectivity index (χ0n) is 15.4. The Kier molecular flexibility index (Phi) is 4.92. The van der Waals surface area contributed by atoms with Crippen molar-refractivity contribution in [3.8, 4) is 22.9 Å². The van der Waals surface area contributed by atoms with Gasteiger partial charge in [-0.15, -0.1) is 0 Å². The van der Waals surface area contributed by atoms with Crippen molar-refractivity contribution >= 4 is 23.2 Å². The molecule has 1 aromatic heterocycles. The number of benzene rings is 2. The highest BCUT2D eigenvalue weighted by molar-refractivity contribution is 6.32. The quantitative estimate of drug-likeness (QED) is 0.647. The van der Waals surface area contributed by atoms with E-state index in [1.54, 1.807) is 37.3 Å². The normalized spacial score (nSPS) is 16.5. The molecule has 0 saturated carbocycles. The fourth-order valence-corrected chi connectivity index (χ4v) is 3.54. The van der Waals surface area contributed by atoms with Gasteiger partial charge >= 0.3 is 0 Å². The number of aromatic nitrogens is 2. The summed E-state index contributed by atoms with van der Waals surface area (Å²) in [7, 11) is 3.14. The largest absolute Gasteiger partial charge is 0.496 e. The molecule has 7 nitrogen and oxygen atoms in total. The number of hydrogen-bond donors (Lipinski definition) is 0. The first-order valence-corrected chi connectivity index (χ1v) is 9.09. The molecule has 0 spiro atoms. The van der Waals surface area contributed by atoms with E-state index in [0.29, 0.717) is 40.5 Å². The summed E-state index contributed by atoms with van der Waals surface area (Å²) < 4.78 is 16.0. The smallest absolute Gasteiger partial charge is 0.232 e. The van der Waals surface area contributed by atoms with E-state index < -0.39 is 0 Å². The topological polar surface area (TPSA) is 77.7 Å². The van der Waals surface area contributed by atoms with Crippen LogP contribution in [-0.4, -0.2) is 36.8 Å². The Morgan fingerprint density at radius 2 is 1.93 bits per heavy atom. The van der Waals surface area contributed by atoms with E-state index in [2.05, 4.69) is 10.1 Å². The summed E-state index contributed by atoms with van der Waals surface area (Å²) in [4.78, 5) is 18.7. The van der Waals surface area contributed by atoms with E-state index in [1.165, 1.54) is 0 Å². The second kappa shape index (κ2) is 7.52. The van der Waals surface area contributed by atoms with Crippen molar-refractivity contribution < 1.29 is 18.8 Å². The van der Waals surface area contributed by atoms with Gasteiger partial charge in [-0.2, -0.15) is 4.98 Å². The minimum Gasteiger partial charge on any atom is -0.496 e. The lowest BCUT2D eigenvalue weighted by molar-refractivity contribution is -0.117. The van der Waals surface area contributed by atoms with Crippen molar-refractivity contribution in [1.29, 1.82) is 0 Å². The second-order valence-electron chi connectivity index (χ2n) is 6.38. The lowest BCUT2D eigenvalue weighted by Gasteiger charge is -2.17. The summed E-state index contributed by atoms with van der Waals surface area (Å²) in [5.41, 5.74) is 1.45. The van der Waals surface area contributed by atoms with Crippen LogP contribution in [0.5, 0.6) is 11.5 Å². The van der Waals surface area contributed by atoms with Crippen molar-refractivity contribution in [2.75, 3.05) is 25.7 Å². The molecule has 1 atom stereocenters. The van der Waals surface area contributed by atoms with Crippen LogP contribution in [0.2, 0.25) is 5.02 Å². The van der Waals surface area contributed by atoms with Gasteiger partial charge in [-0.25, -0.2) is 0 Å². The summed E-state index contributed by atoms with van der Waals surface area (Å²) in [6.07, 6.45) is 0.289. The van der Waals surface area contributed by atoms with Crippen LogP contribution in [0.3, 0.4) is 0 Å². The highest BCUT2D eigenvalue weighted by atomic mass is 35.5. The maximum atomic E-state index is 12.5. The lowest BCUT2D eigenvalue weighted by Crippen LogP contribution is -2.24. The number of nitrogens with zero attached hydrogens (tertiary/aromatic N) is 3. The molecule has 28 heavy (non-hydrogen) atoms. The van der Waals surface area contributed by atoms with Crippen LogP contribution >= 0.6 is 11.6 Å². The molecule has 0 radical (unpaired) electrons. The Morgan fingerprint density at radius 3 is 2.68 bits per heavy atom. The molecule has 1 unspecified atom stereocenters. The Labute approximate surface area is 166 Å². The van der Waals surface area contributed by atoms with E-state index in [0.717, 1.165) is 5.56 Å². The highest BCUT2D eigenvalue weighted by Gasteiger charge is 2.35. The number of amides is 1. The van der Waals surface area contributed by atoms with Gasteiger partial charge in [-0.05, 0) is 30.3 Å². The first kappa shape index (κ1) is 18.3. The molecule has 0 bridgehead atoms. The standard InChI is InChI=1S/C20H18ClN3O4/c1-26-16-6-4-3-5-14(16)19-22-20(28-23-19)12-9-18(25)24(11-12)13-7-8-17(27-2)15(21)10-13/h3-8,10,12H,9,11H2,1-2H3. The number of methoxy groups -OCH3 is 2. The molecule has 1 aliphatic heterocycles. The third-order valence-electron chi connectivity index (χ3n) is 4.71. The third-order valence-corrected chi connectivity index (χ3v) is 5.01. The first-order valence-electron chi connectivity index (χ1n) is 8.71. The van der Waals surface area contributed by atoms with Gasteiger partial charge in [-0.3, -0.25) is 4.79 Å². The molecule has 144 valence electrons. The summed E-state index contributed by atoms with van der Waals surface area (Å²) in [5, 5.41) is 4.52. The predicted molar refractivity (Wildman–Crippen MR) is 104 cm³/mol. The van der Waals surface area contributed by atoms with E-state index in [-0.39, 0.29) is 18.2 Å². The summed E-state index contributed by atoms with van der Waals surface area (Å²) in [5.74, 6) is 1.87. The van der Waals surface area contributed by atoms with Gasteiger partial charge in [0.25, 0.3) is 0 Å². The van der Waals surface area contributed by atoms with Crippen LogP contribution in [-0.2, 0) is 4.79 Å². The minimum atomic E-state index is -0.190. The molecule has 3 aromatic rings. The lowest BCUT2D eigenvalue weighted by atomic mass is 10.1. The van der Waals surface area contributed by atoms with Crippen molar-refractivity contribution in [3.05, 3.63) is 53.4 Å². The number of halogens is 1. The third kappa shape index (κ3) is 3.29. The van der Waals surface area contributed by atoms with E-state index >= 15 is 0 Å². The average molecular weight is 400 g/mol. The molecular weight excluding hydrogens is 382 g/mol. The van der Waals surface area contributed by atoms with E-state index in [9.17, 15) is 4.79 Å². The maximum absolute atomic E-state index is 12.5. The molecule has 1 amide bonds. The van der Waals surface area contributed by atoms with Gasteiger partial charge in [0, 0.05) is 18.7 Å². The van der Waals surface area contributed by atoms with Crippen LogP contribution in [0.1, 0.15) is 18.2 Å². The molecule has 2 aromatic carbocycles.